The molecule has 13 heavy (non-hydrogen) atoms. The highest BCUT2D eigenvalue weighted by molar-refractivity contribution is 5.71. The first kappa shape index (κ1) is 10.7. The number of nitriles is 3. The second-order valence-corrected chi connectivity index (χ2v) is 2.04. The fourth-order valence-corrected chi connectivity index (χ4v) is 0.809. The van der Waals surface area contributed by atoms with Crippen LogP contribution in [0.1, 0.15) is 13.3 Å². The third-order valence-electron chi connectivity index (χ3n) is 1.42. The van der Waals surface area contributed by atoms with Gasteiger partial charge in [0.15, 0.2) is 0 Å². The topological polar surface area (TPSA) is 95.2 Å². The fraction of sp³-hybridized carbons (Fsp3) is 0.222. The highest BCUT2D eigenvalue weighted by Crippen LogP contribution is 2.14. The lowest BCUT2D eigenvalue weighted by atomic mass is 10.0. The van der Waals surface area contributed by atoms with Gasteiger partial charge in [0.25, 0.3) is 0 Å². The van der Waals surface area contributed by atoms with Gasteiger partial charge in [-0.15, -0.1) is 0 Å². The summed E-state index contributed by atoms with van der Waals surface area (Å²) in [6.45, 7) is 1.71. The van der Waals surface area contributed by atoms with E-state index in [0.29, 0.717) is 6.42 Å². The first-order valence-electron chi connectivity index (χ1n) is 3.48. The second kappa shape index (κ2) is 5.33. The number of rotatable bonds is 2. The summed E-state index contributed by atoms with van der Waals surface area (Å²) in [4.78, 5) is 0. The predicted molar refractivity (Wildman–Crippen MR) is 45.4 cm³/mol. The molecule has 0 fully saturated rings. The van der Waals surface area contributed by atoms with E-state index >= 15 is 0 Å². The van der Waals surface area contributed by atoms with Gasteiger partial charge in [-0.25, -0.2) is 0 Å². The Morgan fingerprint density at radius 2 is 1.69 bits per heavy atom. The lowest BCUT2D eigenvalue weighted by Gasteiger charge is -1.97. The number of nitrogens with zero attached hydrogens (tertiary/aromatic N) is 3. The van der Waals surface area contributed by atoms with Crippen molar-refractivity contribution in [3.63, 3.8) is 0 Å². The van der Waals surface area contributed by atoms with Crippen molar-refractivity contribution in [3.05, 3.63) is 16.7 Å². The van der Waals surface area contributed by atoms with Gasteiger partial charge in [0.1, 0.15) is 29.4 Å². The maximum absolute atomic E-state index is 8.54. The molecule has 0 aromatic rings. The van der Waals surface area contributed by atoms with E-state index in [0.717, 1.165) is 0 Å². The highest BCUT2D eigenvalue weighted by atomic mass is 14.3. The molecule has 0 atom stereocenters. The van der Waals surface area contributed by atoms with E-state index in [1.54, 1.807) is 25.1 Å². The molecule has 0 saturated heterocycles. The van der Waals surface area contributed by atoms with E-state index in [9.17, 15) is 0 Å². The van der Waals surface area contributed by atoms with E-state index in [-0.39, 0.29) is 16.7 Å². The van der Waals surface area contributed by atoms with Crippen LogP contribution in [0.2, 0.25) is 0 Å². The Morgan fingerprint density at radius 3 is 1.92 bits per heavy atom. The smallest absolute Gasteiger partial charge is 0.134 e. The zero-order valence-corrected chi connectivity index (χ0v) is 7.05. The average molecular weight is 170 g/mol. The van der Waals surface area contributed by atoms with Crippen LogP contribution in [-0.4, -0.2) is 5.87 Å². The standard InChI is InChI=1S/C9H6N4/c1-2-9(7(3-10)4-11)8(5-12)6-13/h10H,2H2,1H3. The molecule has 0 amide bonds. The Balaban J connectivity index is 5.56. The molecule has 0 radical (unpaired) electrons. The molecule has 0 unspecified atom stereocenters. The first-order chi connectivity index (χ1) is 6.24. The second-order valence-electron chi connectivity index (χ2n) is 2.04. The lowest BCUT2D eigenvalue weighted by molar-refractivity contribution is 1.12. The summed E-state index contributed by atoms with van der Waals surface area (Å²) < 4.78 is 0. The summed E-state index contributed by atoms with van der Waals surface area (Å²) in [5.41, 5.74) is 0.0990. The molecule has 0 aromatic carbocycles. The van der Waals surface area contributed by atoms with Crippen LogP contribution in [0.3, 0.4) is 0 Å². The summed E-state index contributed by atoms with van der Waals surface area (Å²) in [6.07, 6.45) is 0.366. The third-order valence-corrected chi connectivity index (χ3v) is 1.42. The molecule has 0 bridgehead atoms. The van der Waals surface area contributed by atoms with Gasteiger partial charge in [-0.2, -0.15) is 15.8 Å². The zero-order chi connectivity index (χ0) is 10.3. The van der Waals surface area contributed by atoms with Crippen molar-refractivity contribution in [2.45, 2.75) is 13.3 Å². The van der Waals surface area contributed by atoms with Gasteiger partial charge >= 0.3 is 0 Å². The Morgan fingerprint density at radius 1 is 1.15 bits per heavy atom. The molecular weight excluding hydrogens is 164 g/mol. The summed E-state index contributed by atoms with van der Waals surface area (Å²) in [5.74, 6) is 1.90. The van der Waals surface area contributed by atoms with Crippen LogP contribution in [0.5, 0.6) is 0 Å². The molecule has 0 aliphatic carbocycles. The van der Waals surface area contributed by atoms with Gasteiger partial charge in [-0.1, -0.05) is 6.92 Å². The number of hydrogen-bond acceptors (Lipinski definition) is 4. The minimum atomic E-state index is -0.126. The number of allylic oxidation sites excluding steroid dienone is 3. The molecule has 0 saturated carbocycles. The van der Waals surface area contributed by atoms with Gasteiger partial charge in [0.2, 0.25) is 0 Å². The summed E-state index contributed by atoms with van der Waals surface area (Å²) in [6, 6.07) is 5.06. The Kier molecular flexibility index (Phi) is 4.37. The van der Waals surface area contributed by atoms with Crippen LogP contribution in [0.15, 0.2) is 16.7 Å². The molecular formula is C9H6N4. The van der Waals surface area contributed by atoms with Crippen molar-refractivity contribution < 1.29 is 0 Å². The predicted octanol–water partition coefficient (Wildman–Crippen LogP) is 1.44. The van der Waals surface area contributed by atoms with E-state index in [2.05, 4.69) is 0 Å². The van der Waals surface area contributed by atoms with Crippen molar-refractivity contribution in [2.24, 2.45) is 0 Å². The van der Waals surface area contributed by atoms with E-state index in [1.807, 2.05) is 5.87 Å². The Labute approximate surface area is 76.1 Å². The molecule has 0 rings (SSSR count). The van der Waals surface area contributed by atoms with Crippen molar-refractivity contribution in [2.75, 3.05) is 0 Å². The Hall–Kier alpha value is -2.34. The minimum absolute atomic E-state index is 0.0550. The maximum Gasteiger partial charge on any atom is 0.134 e. The highest BCUT2D eigenvalue weighted by Gasteiger charge is 2.09. The maximum atomic E-state index is 8.54. The molecule has 1 N–H and O–H groups in total. The molecule has 62 valence electrons. The van der Waals surface area contributed by atoms with Gasteiger partial charge in [-0.05, 0) is 12.3 Å². The summed E-state index contributed by atoms with van der Waals surface area (Å²) >= 11 is 0. The normalized spacial score (nSPS) is 6.92. The molecule has 0 heterocycles. The van der Waals surface area contributed by atoms with Crippen molar-refractivity contribution in [1.29, 1.82) is 21.2 Å². The average Bonchev–Trinajstić information content (AvgIpc) is 2.18. The number of nitrogens with one attached hydrogen (secondary N) is 1. The SMILES string of the molecule is CCC(C(=C=N)C#N)=C(C#N)C#N. The van der Waals surface area contributed by atoms with E-state index in [1.165, 1.54) is 0 Å². The van der Waals surface area contributed by atoms with Crippen molar-refractivity contribution in [1.82, 2.24) is 0 Å². The molecule has 0 spiro atoms. The molecule has 4 nitrogen and oxygen atoms in total. The Bertz CT molecular complexity index is 386. The van der Waals surface area contributed by atoms with Gasteiger partial charge in [-0.3, -0.25) is 5.41 Å². The quantitative estimate of drug-likeness (QED) is 0.385. The van der Waals surface area contributed by atoms with Gasteiger partial charge in [0.05, 0.1) is 0 Å². The van der Waals surface area contributed by atoms with Crippen LogP contribution in [0.4, 0.5) is 0 Å². The zero-order valence-electron chi connectivity index (χ0n) is 7.05. The van der Waals surface area contributed by atoms with Gasteiger partial charge in [0, 0.05) is 5.57 Å². The lowest BCUT2D eigenvalue weighted by Crippen LogP contribution is -1.91. The van der Waals surface area contributed by atoms with Gasteiger partial charge < -0.3 is 0 Å². The summed E-state index contributed by atoms with van der Waals surface area (Å²) in [5, 5.41) is 32.4. The van der Waals surface area contributed by atoms with Crippen LogP contribution < -0.4 is 0 Å². The molecule has 0 aliphatic heterocycles. The fourth-order valence-electron chi connectivity index (χ4n) is 0.809. The van der Waals surface area contributed by atoms with Crippen LogP contribution in [0, 0.1) is 39.4 Å². The van der Waals surface area contributed by atoms with E-state index < -0.39 is 0 Å². The molecule has 4 heteroatoms. The number of hydrogen-bond donors (Lipinski definition) is 1. The van der Waals surface area contributed by atoms with Crippen LogP contribution in [-0.2, 0) is 0 Å². The van der Waals surface area contributed by atoms with Crippen molar-refractivity contribution in [3.8, 4) is 18.2 Å². The van der Waals surface area contributed by atoms with Crippen LogP contribution >= 0.6 is 0 Å². The molecule has 0 aromatic heterocycles. The monoisotopic (exact) mass is 170 g/mol. The van der Waals surface area contributed by atoms with Crippen molar-refractivity contribution >= 4 is 5.87 Å². The molecule has 0 aliphatic rings. The third kappa shape index (κ3) is 2.31. The minimum Gasteiger partial charge on any atom is -0.258 e. The summed E-state index contributed by atoms with van der Waals surface area (Å²) in [7, 11) is 0. The van der Waals surface area contributed by atoms with E-state index in [4.69, 9.17) is 21.2 Å². The largest absolute Gasteiger partial charge is 0.258 e. The van der Waals surface area contributed by atoms with Crippen LogP contribution in [0.25, 0.3) is 0 Å². The first-order valence-corrected chi connectivity index (χ1v) is 3.48.